The van der Waals surface area contributed by atoms with E-state index >= 15 is 0 Å². The van der Waals surface area contributed by atoms with Crippen LogP contribution in [0.15, 0.2) is 0 Å². The fourth-order valence-corrected chi connectivity index (χ4v) is 4.27. The number of rotatable bonds is 3. The molecule has 1 aliphatic heterocycles. The van der Waals surface area contributed by atoms with Crippen LogP contribution in [0.5, 0.6) is 0 Å². The van der Waals surface area contributed by atoms with Gasteiger partial charge in [0.1, 0.15) is 0 Å². The summed E-state index contributed by atoms with van der Waals surface area (Å²) in [6.07, 6.45) is 8.37. The van der Waals surface area contributed by atoms with Crippen LogP contribution in [0.4, 0.5) is 0 Å². The van der Waals surface area contributed by atoms with E-state index < -0.39 is 0 Å². The molecule has 2 aliphatic carbocycles. The van der Waals surface area contributed by atoms with Crippen molar-refractivity contribution in [2.24, 2.45) is 5.73 Å². The van der Waals surface area contributed by atoms with Crippen molar-refractivity contribution in [3.8, 4) is 0 Å². The minimum atomic E-state index is -0.313. The molecule has 4 heteroatoms. The van der Waals surface area contributed by atoms with Gasteiger partial charge in [0.25, 0.3) is 0 Å². The monoisotopic (exact) mass is 268 g/mol. The molecule has 2 saturated carbocycles. The number of ether oxygens (including phenoxy) is 2. The second kappa shape index (κ2) is 5.68. The summed E-state index contributed by atoms with van der Waals surface area (Å²) in [5, 5.41) is 0. The molecule has 0 radical (unpaired) electrons. The maximum Gasteiger partial charge on any atom is 0.170 e. The summed E-state index contributed by atoms with van der Waals surface area (Å²) in [6.45, 7) is 4.86. The van der Waals surface area contributed by atoms with Gasteiger partial charge in [-0.15, -0.1) is 0 Å². The molecular weight excluding hydrogens is 240 g/mol. The zero-order chi connectivity index (χ0) is 13.3. The number of nitrogens with zero attached hydrogens (tertiary/aromatic N) is 1. The maximum atomic E-state index is 6.42. The van der Waals surface area contributed by atoms with Crippen LogP contribution in [0.2, 0.25) is 0 Å². The third-order valence-electron chi connectivity index (χ3n) is 5.27. The van der Waals surface area contributed by atoms with E-state index in [1.165, 1.54) is 25.7 Å². The van der Waals surface area contributed by atoms with Crippen molar-refractivity contribution in [3.63, 3.8) is 0 Å². The van der Waals surface area contributed by atoms with Gasteiger partial charge < -0.3 is 15.2 Å². The van der Waals surface area contributed by atoms with E-state index in [-0.39, 0.29) is 11.8 Å². The van der Waals surface area contributed by atoms with Gasteiger partial charge in [-0.3, -0.25) is 4.90 Å². The highest BCUT2D eigenvalue weighted by Gasteiger charge is 2.46. The van der Waals surface area contributed by atoms with Crippen LogP contribution in [0.3, 0.4) is 0 Å². The van der Waals surface area contributed by atoms with Crippen molar-refractivity contribution in [2.75, 3.05) is 19.8 Å². The lowest BCUT2D eigenvalue weighted by Gasteiger charge is -2.46. The van der Waals surface area contributed by atoms with Gasteiger partial charge in [0.15, 0.2) is 5.79 Å². The number of hydrogen-bond acceptors (Lipinski definition) is 4. The number of likely N-dealkylation sites (N-methyl/N-ethyl adjacent to an activating group) is 1. The average molecular weight is 268 g/mol. The summed E-state index contributed by atoms with van der Waals surface area (Å²) in [5.41, 5.74) is 6.42. The molecule has 2 unspecified atom stereocenters. The van der Waals surface area contributed by atoms with Crippen LogP contribution in [-0.2, 0) is 9.47 Å². The normalized spacial score (nSPS) is 35.5. The van der Waals surface area contributed by atoms with Crippen molar-refractivity contribution in [3.05, 3.63) is 0 Å². The first kappa shape index (κ1) is 13.8. The molecule has 1 saturated heterocycles. The third kappa shape index (κ3) is 2.68. The lowest BCUT2D eigenvalue weighted by Crippen LogP contribution is -2.58. The van der Waals surface area contributed by atoms with Gasteiger partial charge in [-0.2, -0.15) is 0 Å². The highest BCUT2D eigenvalue weighted by Crippen LogP contribution is 2.39. The average Bonchev–Trinajstić information content (AvgIpc) is 3.07. The molecule has 3 rings (SSSR count). The second-order valence-electron chi connectivity index (χ2n) is 6.35. The topological polar surface area (TPSA) is 47.7 Å². The standard InChI is InChI=1S/C15H28N2O2/c1-2-17(12-5-3-4-6-12)14-11-15(8-7-13(14)16)18-9-10-19-15/h12-14H,2-11,16H2,1H3. The lowest BCUT2D eigenvalue weighted by atomic mass is 9.84. The summed E-state index contributed by atoms with van der Waals surface area (Å²) in [6, 6.07) is 1.44. The highest BCUT2D eigenvalue weighted by atomic mass is 16.7. The summed E-state index contributed by atoms with van der Waals surface area (Å²) in [4.78, 5) is 2.64. The first-order valence-electron chi connectivity index (χ1n) is 8.03. The van der Waals surface area contributed by atoms with Crippen molar-refractivity contribution >= 4 is 0 Å². The fourth-order valence-electron chi connectivity index (χ4n) is 4.27. The molecule has 0 bridgehead atoms. The van der Waals surface area contributed by atoms with E-state index in [0.717, 1.165) is 45.1 Å². The molecule has 4 nitrogen and oxygen atoms in total. The Morgan fingerprint density at radius 2 is 1.84 bits per heavy atom. The lowest BCUT2D eigenvalue weighted by molar-refractivity contribution is -0.193. The zero-order valence-electron chi connectivity index (χ0n) is 12.1. The molecule has 3 fully saturated rings. The third-order valence-corrected chi connectivity index (χ3v) is 5.27. The maximum absolute atomic E-state index is 6.42. The summed E-state index contributed by atoms with van der Waals surface area (Å²) in [7, 11) is 0. The molecule has 0 aromatic rings. The molecule has 0 aromatic carbocycles. The molecule has 0 aromatic heterocycles. The Labute approximate surface area is 116 Å². The van der Waals surface area contributed by atoms with Gasteiger partial charge in [0.05, 0.1) is 13.2 Å². The van der Waals surface area contributed by atoms with Gasteiger partial charge in [0, 0.05) is 31.0 Å². The number of nitrogens with two attached hydrogens (primary N) is 1. The fraction of sp³-hybridized carbons (Fsp3) is 1.00. The summed E-state index contributed by atoms with van der Waals surface area (Å²) in [5.74, 6) is -0.313. The second-order valence-corrected chi connectivity index (χ2v) is 6.35. The first-order valence-corrected chi connectivity index (χ1v) is 8.03. The Balaban J connectivity index is 1.72. The molecule has 0 amide bonds. The van der Waals surface area contributed by atoms with E-state index in [4.69, 9.17) is 15.2 Å². The largest absolute Gasteiger partial charge is 0.347 e. The predicted octanol–water partition coefficient (Wildman–Crippen LogP) is 1.87. The zero-order valence-corrected chi connectivity index (χ0v) is 12.1. The van der Waals surface area contributed by atoms with Crippen molar-refractivity contribution in [1.82, 2.24) is 4.90 Å². The van der Waals surface area contributed by atoms with Gasteiger partial charge in [-0.25, -0.2) is 0 Å². The minimum absolute atomic E-state index is 0.277. The summed E-state index contributed by atoms with van der Waals surface area (Å²) < 4.78 is 11.8. The molecular formula is C15H28N2O2. The van der Waals surface area contributed by atoms with Crippen LogP contribution in [0, 0.1) is 0 Å². The Kier molecular flexibility index (Phi) is 4.13. The Bertz CT molecular complexity index is 299. The number of hydrogen-bond donors (Lipinski definition) is 1. The van der Waals surface area contributed by atoms with Gasteiger partial charge >= 0.3 is 0 Å². The van der Waals surface area contributed by atoms with E-state index in [0.29, 0.717) is 6.04 Å². The molecule has 110 valence electrons. The van der Waals surface area contributed by atoms with Crippen molar-refractivity contribution < 1.29 is 9.47 Å². The summed E-state index contributed by atoms with van der Waals surface area (Å²) >= 11 is 0. The van der Waals surface area contributed by atoms with Crippen molar-refractivity contribution in [2.45, 2.75) is 75.8 Å². The minimum Gasteiger partial charge on any atom is -0.347 e. The van der Waals surface area contributed by atoms with Crippen LogP contribution in [-0.4, -0.2) is 48.6 Å². The van der Waals surface area contributed by atoms with Gasteiger partial charge in [-0.05, 0) is 25.8 Å². The van der Waals surface area contributed by atoms with Gasteiger partial charge in [-0.1, -0.05) is 19.8 Å². The molecule has 19 heavy (non-hydrogen) atoms. The van der Waals surface area contributed by atoms with E-state index in [2.05, 4.69) is 11.8 Å². The van der Waals surface area contributed by atoms with Crippen LogP contribution >= 0.6 is 0 Å². The molecule has 2 atom stereocenters. The molecule has 1 spiro atoms. The van der Waals surface area contributed by atoms with Crippen molar-refractivity contribution in [1.29, 1.82) is 0 Å². The van der Waals surface area contributed by atoms with Crippen LogP contribution in [0.25, 0.3) is 0 Å². The molecule has 2 N–H and O–H groups in total. The Morgan fingerprint density at radius 1 is 1.16 bits per heavy atom. The predicted molar refractivity (Wildman–Crippen MR) is 74.9 cm³/mol. The van der Waals surface area contributed by atoms with Crippen LogP contribution < -0.4 is 5.73 Å². The quantitative estimate of drug-likeness (QED) is 0.849. The van der Waals surface area contributed by atoms with E-state index in [9.17, 15) is 0 Å². The Hall–Kier alpha value is -0.160. The van der Waals surface area contributed by atoms with E-state index in [1.54, 1.807) is 0 Å². The van der Waals surface area contributed by atoms with E-state index in [1.807, 2.05) is 0 Å². The van der Waals surface area contributed by atoms with Crippen LogP contribution in [0.1, 0.15) is 51.9 Å². The first-order chi connectivity index (χ1) is 9.24. The SMILES string of the molecule is CCN(C1CCCC1)C1CC2(CCC1N)OCCO2. The van der Waals surface area contributed by atoms with Gasteiger partial charge in [0.2, 0.25) is 0 Å². The highest BCUT2D eigenvalue weighted by molar-refractivity contribution is 4.97. The smallest absolute Gasteiger partial charge is 0.170 e. The Morgan fingerprint density at radius 3 is 2.47 bits per heavy atom. The molecule has 3 aliphatic rings. The molecule has 1 heterocycles.